The Morgan fingerprint density at radius 2 is 1.12 bits per heavy atom. The molecule has 0 radical (unpaired) electrons. The lowest BCUT2D eigenvalue weighted by molar-refractivity contribution is 0.590. The van der Waals surface area contributed by atoms with E-state index < -0.39 is 0 Å². The molecule has 0 saturated heterocycles. The second kappa shape index (κ2) is 12.8. The van der Waals surface area contributed by atoms with Gasteiger partial charge in [-0.1, -0.05) is 123 Å². The van der Waals surface area contributed by atoms with Gasteiger partial charge in [0.25, 0.3) is 0 Å². The predicted octanol–water partition coefficient (Wildman–Crippen LogP) is 16.5. The van der Waals surface area contributed by atoms with Crippen molar-refractivity contribution in [2.45, 2.75) is 78.6 Å². The van der Waals surface area contributed by atoms with E-state index in [1.807, 2.05) is 22.7 Å². The summed E-state index contributed by atoms with van der Waals surface area (Å²) in [7, 11) is 0. The molecule has 2 aliphatic heterocycles. The van der Waals surface area contributed by atoms with Gasteiger partial charge in [0.15, 0.2) is 0 Å². The van der Waals surface area contributed by atoms with Crippen molar-refractivity contribution in [3.05, 3.63) is 150 Å². The van der Waals surface area contributed by atoms with Gasteiger partial charge in [0, 0.05) is 90.6 Å². The van der Waals surface area contributed by atoms with Gasteiger partial charge in [0.1, 0.15) is 11.2 Å². The summed E-state index contributed by atoms with van der Waals surface area (Å²) in [6.07, 6.45) is 0. The van der Waals surface area contributed by atoms with Crippen LogP contribution in [-0.4, -0.2) is 11.4 Å². The highest BCUT2D eigenvalue weighted by Gasteiger charge is 2.46. The van der Waals surface area contributed by atoms with Crippen molar-refractivity contribution in [2.75, 3.05) is 4.81 Å². The first kappa shape index (κ1) is 38.9. The molecule has 0 N–H and O–H groups in total. The zero-order valence-corrected chi connectivity index (χ0v) is 40.5. The molecule has 3 nitrogen and oxygen atoms in total. The van der Waals surface area contributed by atoms with Crippen LogP contribution in [0.5, 0.6) is 0 Å². The Bertz CT molecular complexity index is 4120. The summed E-state index contributed by atoms with van der Waals surface area (Å²) in [5, 5.41) is 10.4. The fourth-order valence-electron chi connectivity index (χ4n) is 11.6. The Morgan fingerprint density at radius 3 is 1.85 bits per heavy atom. The van der Waals surface area contributed by atoms with Crippen LogP contribution in [0.3, 0.4) is 0 Å². The first-order valence-electron chi connectivity index (χ1n) is 23.4. The third kappa shape index (κ3) is 5.15. The second-order valence-electron chi connectivity index (χ2n) is 22.1. The molecule has 6 heteroatoms. The number of fused-ring (bicyclic) bond motifs is 19. The summed E-state index contributed by atoms with van der Waals surface area (Å²) >= 11 is 3.87. The van der Waals surface area contributed by atoms with E-state index in [-0.39, 0.29) is 23.1 Å². The minimum atomic E-state index is -0.128. The Hall–Kier alpha value is -6.34. The lowest BCUT2D eigenvalue weighted by Gasteiger charge is -2.42. The van der Waals surface area contributed by atoms with Crippen LogP contribution in [0.25, 0.3) is 101 Å². The maximum Gasteiger partial charge on any atom is 0.333 e. The normalized spacial score (nSPS) is 14.1. The van der Waals surface area contributed by atoms with Crippen molar-refractivity contribution < 1.29 is 4.42 Å². The van der Waals surface area contributed by atoms with Gasteiger partial charge in [0.05, 0.1) is 11.0 Å². The standard InChI is InChI=1S/C60H49BN2OS2/c1-58(2,3)32-18-22-35(23-19-32)63-45-31-48-39(38-26-34(60(7,8)9)21-25-47(38)64-48)28-42(45)52-53-37-15-11-13-17-50(37)66-57(53)54-41-27-33(59(4,5)6)20-24-44(41)62-46-29-40-36-14-10-12-16-49(36)65-51(40)30-43(46)61(63)55(52)56(54)62/h10-31H,1-9H3. The van der Waals surface area contributed by atoms with E-state index in [1.165, 1.54) is 123 Å². The first-order valence-corrected chi connectivity index (χ1v) is 25.1. The number of furan rings is 1. The maximum atomic E-state index is 6.93. The Kier molecular flexibility index (Phi) is 7.52. The summed E-state index contributed by atoms with van der Waals surface area (Å²) in [5.41, 5.74) is 17.4. The zero-order chi connectivity index (χ0) is 44.9. The maximum absolute atomic E-state index is 6.93. The highest BCUT2D eigenvalue weighted by molar-refractivity contribution is 7.27. The van der Waals surface area contributed by atoms with Gasteiger partial charge in [-0.15, -0.1) is 22.7 Å². The molecule has 0 bridgehead atoms. The van der Waals surface area contributed by atoms with Crippen molar-refractivity contribution in [1.29, 1.82) is 0 Å². The van der Waals surface area contributed by atoms with Gasteiger partial charge in [0.2, 0.25) is 0 Å². The third-order valence-corrected chi connectivity index (χ3v) is 17.3. The fourth-order valence-corrected chi connectivity index (χ4v) is 14.0. The molecule has 12 aromatic rings. The number of hydrogen-bond donors (Lipinski definition) is 0. The third-order valence-electron chi connectivity index (χ3n) is 15.0. The molecule has 6 heterocycles. The summed E-state index contributed by atoms with van der Waals surface area (Å²) in [4.78, 5) is 2.68. The summed E-state index contributed by atoms with van der Waals surface area (Å²) in [5.74, 6) is 0. The van der Waals surface area contributed by atoms with Crippen LogP contribution >= 0.6 is 22.7 Å². The topological polar surface area (TPSA) is 21.3 Å². The van der Waals surface area contributed by atoms with Crippen LogP contribution < -0.4 is 15.7 Å². The first-order chi connectivity index (χ1) is 31.6. The van der Waals surface area contributed by atoms with E-state index in [2.05, 4.69) is 205 Å². The van der Waals surface area contributed by atoms with E-state index in [0.29, 0.717) is 0 Å². The van der Waals surface area contributed by atoms with Gasteiger partial charge < -0.3 is 13.8 Å². The van der Waals surface area contributed by atoms with E-state index >= 15 is 0 Å². The van der Waals surface area contributed by atoms with Crippen molar-refractivity contribution in [1.82, 2.24) is 4.57 Å². The van der Waals surface area contributed by atoms with E-state index in [9.17, 15) is 0 Å². The second-order valence-corrected chi connectivity index (χ2v) is 24.3. The summed E-state index contributed by atoms with van der Waals surface area (Å²) in [6, 6.07) is 51.7. The SMILES string of the molecule is CC(C)(C)c1ccc(N2B3c4cc5sc6ccccc6c5cc4-n4c5ccc(C(C)(C)C)cc5c5c6sc7ccccc7c6c(c3c54)-c3cc4c(cc32)oc2ccc(C(C)(C)C)cc24)cc1. The molecule has 0 amide bonds. The van der Waals surface area contributed by atoms with Gasteiger partial charge in [-0.2, -0.15) is 0 Å². The summed E-state index contributed by atoms with van der Waals surface area (Å²) < 4.78 is 14.9. The molecule has 4 aromatic heterocycles. The zero-order valence-electron chi connectivity index (χ0n) is 38.9. The molecule has 320 valence electrons. The molecular weight excluding hydrogens is 840 g/mol. The molecule has 0 aliphatic carbocycles. The molecule has 0 saturated carbocycles. The monoisotopic (exact) mass is 888 g/mol. The van der Waals surface area contributed by atoms with Gasteiger partial charge in [-0.25, -0.2) is 0 Å². The molecule has 0 atom stereocenters. The average molecular weight is 889 g/mol. The molecule has 66 heavy (non-hydrogen) atoms. The number of rotatable bonds is 1. The van der Waals surface area contributed by atoms with Crippen molar-refractivity contribution in [3.63, 3.8) is 0 Å². The van der Waals surface area contributed by atoms with Gasteiger partial charge in [-0.05, 0) is 116 Å². The van der Waals surface area contributed by atoms with Crippen LogP contribution in [0.15, 0.2) is 138 Å². The fraction of sp³-hybridized carbons (Fsp3) is 0.200. The number of thiophene rings is 2. The number of hydrogen-bond acceptors (Lipinski definition) is 4. The largest absolute Gasteiger partial charge is 0.456 e. The Morgan fingerprint density at radius 1 is 0.485 bits per heavy atom. The Labute approximate surface area is 393 Å². The smallest absolute Gasteiger partial charge is 0.333 e. The molecule has 2 aliphatic rings. The van der Waals surface area contributed by atoms with Crippen LogP contribution in [0, 0.1) is 0 Å². The van der Waals surface area contributed by atoms with Crippen molar-refractivity contribution in [3.8, 4) is 16.8 Å². The van der Waals surface area contributed by atoms with E-state index in [0.717, 1.165) is 16.6 Å². The molecule has 0 fully saturated rings. The number of anilines is 2. The molecule has 0 spiro atoms. The minimum Gasteiger partial charge on any atom is -0.456 e. The number of benzene rings is 8. The quantitative estimate of drug-likeness (QED) is 0.153. The highest BCUT2D eigenvalue weighted by atomic mass is 32.1. The van der Waals surface area contributed by atoms with Gasteiger partial charge >= 0.3 is 6.85 Å². The minimum absolute atomic E-state index is 0.000315. The lowest BCUT2D eigenvalue weighted by atomic mass is 9.43. The van der Waals surface area contributed by atoms with E-state index in [1.54, 1.807) is 0 Å². The van der Waals surface area contributed by atoms with Crippen molar-refractivity contribution in [2.24, 2.45) is 0 Å². The van der Waals surface area contributed by atoms with Gasteiger partial charge in [-0.3, -0.25) is 0 Å². The van der Waals surface area contributed by atoms with E-state index in [4.69, 9.17) is 4.42 Å². The molecule has 8 aromatic carbocycles. The molecular formula is C60H49BN2OS2. The van der Waals surface area contributed by atoms with Crippen LogP contribution in [0.4, 0.5) is 11.4 Å². The number of nitrogens with zero attached hydrogens (tertiary/aromatic N) is 2. The Balaban J connectivity index is 1.23. The molecule has 0 unspecified atom stereocenters. The lowest BCUT2D eigenvalue weighted by Crippen LogP contribution is -2.60. The summed E-state index contributed by atoms with van der Waals surface area (Å²) in [6.45, 7) is 20.7. The highest BCUT2D eigenvalue weighted by Crippen LogP contribution is 2.54. The van der Waals surface area contributed by atoms with Crippen LogP contribution in [0.2, 0.25) is 0 Å². The van der Waals surface area contributed by atoms with Crippen LogP contribution in [-0.2, 0) is 16.2 Å². The van der Waals surface area contributed by atoms with Crippen LogP contribution in [0.1, 0.15) is 79.0 Å². The predicted molar refractivity (Wildman–Crippen MR) is 289 cm³/mol. The number of aromatic nitrogens is 1. The average Bonchev–Trinajstić information content (AvgIpc) is 4.04. The van der Waals surface area contributed by atoms with Crippen molar-refractivity contribution >= 4 is 136 Å². The molecule has 14 rings (SSSR count).